The van der Waals surface area contributed by atoms with Gasteiger partial charge in [-0.2, -0.15) is 0 Å². The number of hydrogen-bond acceptors (Lipinski definition) is 3. The van der Waals surface area contributed by atoms with E-state index in [1.807, 2.05) is 20.0 Å². The van der Waals surface area contributed by atoms with Crippen LogP contribution in [0.25, 0.3) is 22.1 Å². The highest BCUT2D eigenvalue weighted by Crippen LogP contribution is 2.26. The summed E-state index contributed by atoms with van der Waals surface area (Å²) in [6, 6.07) is 0. The molecular weight excluding hydrogens is 188 g/mol. The Balaban J connectivity index is 2.69. The van der Waals surface area contributed by atoms with Gasteiger partial charge in [0.15, 0.2) is 0 Å². The second-order valence-electron chi connectivity index (χ2n) is 3.63. The quantitative estimate of drug-likeness (QED) is 0.602. The van der Waals surface area contributed by atoms with Crippen LogP contribution in [0, 0.1) is 13.8 Å². The van der Waals surface area contributed by atoms with E-state index in [-0.39, 0.29) is 0 Å². The molecule has 0 aliphatic carbocycles. The lowest BCUT2D eigenvalue weighted by molar-refractivity contribution is 1.26. The molecule has 1 N–H and O–H groups in total. The summed E-state index contributed by atoms with van der Waals surface area (Å²) in [5.41, 5.74) is 6.12. The zero-order chi connectivity index (χ0) is 10.4. The number of rotatable bonds is 0. The Morgan fingerprint density at radius 3 is 2.47 bits per heavy atom. The van der Waals surface area contributed by atoms with Crippen LogP contribution in [0.15, 0.2) is 18.7 Å². The van der Waals surface area contributed by atoms with Gasteiger partial charge < -0.3 is 4.98 Å². The van der Waals surface area contributed by atoms with E-state index >= 15 is 0 Å². The number of benzene rings is 1. The smallest absolute Gasteiger partial charge is 0.116 e. The number of nitrogens with one attached hydrogen (secondary N) is 1. The normalized spacial score (nSPS) is 11.3. The van der Waals surface area contributed by atoms with Crippen molar-refractivity contribution in [2.24, 2.45) is 0 Å². The molecule has 3 aromatic rings. The van der Waals surface area contributed by atoms with Gasteiger partial charge in [0.05, 0.1) is 22.1 Å². The van der Waals surface area contributed by atoms with Crippen molar-refractivity contribution in [1.29, 1.82) is 0 Å². The van der Waals surface area contributed by atoms with Gasteiger partial charge in [-0.3, -0.25) is 4.98 Å². The molecule has 0 aliphatic rings. The predicted octanol–water partition coefficient (Wildman–Crippen LogP) is 2.12. The number of aromatic nitrogens is 4. The van der Waals surface area contributed by atoms with Crippen LogP contribution in [0.4, 0.5) is 0 Å². The summed E-state index contributed by atoms with van der Waals surface area (Å²) in [5.74, 6) is 0. The largest absolute Gasteiger partial charge is 0.358 e. The molecule has 0 unspecified atom stereocenters. The molecule has 0 spiro atoms. The molecule has 2 heterocycles. The number of aromatic amines is 1. The van der Waals surface area contributed by atoms with E-state index in [1.165, 1.54) is 0 Å². The fourth-order valence-corrected chi connectivity index (χ4v) is 1.98. The lowest BCUT2D eigenvalue weighted by atomic mass is 10.1. The maximum Gasteiger partial charge on any atom is 0.116 e. The van der Waals surface area contributed by atoms with Gasteiger partial charge in [0.1, 0.15) is 6.33 Å². The molecule has 0 saturated carbocycles. The van der Waals surface area contributed by atoms with E-state index < -0.39 is 0 Å². The molecule has 74 valence electrons. The molecule has 1 aromatic carbocycles. The summed E-state index contributed by atoms with van der Waals surface area (Å²) >= 11 is 0. The predicted molar refractivity (Wildman–Crippen MR) is 58.7 cm³/mol. The van der Waals surface area contributed by atoms with Crippen LogP contribution in [-0.4, -0.2) is 19.9 Å². The number of imidazole rings is 1. The van der Waals surface area contributed by atoms with Gasteiger partial charge in [0.2, 0.25) is 0 Å². The first kappa shape index (κ1) is 8.35. The fourth-order valence-electron chi connectivity index (χ4n) is 1.98. The second-order valence-corrected chi connectivity index (χ2v) is 3.63. The van der Waals surface area contributed by atoms with Crippen molar-refractivity contribution in [2.75, 3.05) is 0 Å². The van der Waals surface area contributed by atoms with Gasteiger partial charge in [-0.05, 0) is 13.8 Å². The molecule has 0 amide bonds. The molecule has 0 saturated heterocycles. The number of H-pyrrole nitrogens is 1. The third-order valence-corrected chi connectivity index (χ3v) is 2.78. The Morgan fingerprint density at radius 1 is 0.933 bits per heavy atom. The number of nitrogens with zero attached hydrogens (tertiary/aromatic N) is 3. The standard InChI is InChI=1S/C11H10N4/c1-6-8-9(13-4-3-12-8)7(2)11-10(6)14-5-15-11/h3-5,12H,1-2H3. The third kappa shape index (κ3) is 0.986. The molecule has 0 fully saturated rings. The SMILES string of the molecule is Cc1c2ncnc2c(C)c2[nH]ccnc12. The van der Waals surface area contributed by atoms with Crippen molar-refractivity contribution in [3.8, 4) is 0 Å². The van der Waals surface area contributed by atoms with Gasteiger partial charge in [-0.1, -0.05) is 0 Å². The van der Waals surface area contributed by atoms with Crippen molar-refractivity contribution in [3.63, 3.8) is 0 Å². The van der Waals surface area contributed by atoms with Crippen LogP contribution in [0.1, 0.15) is 11.1 Å². The minimum absolute atomic E-state index is 0.951. The van der Waals surface area contributed by atoms with E-state index in [0.29, 0.717) is 0 Å². The van der Waals surface area contributed by atoms with Crippen LogP contribution < -0.4 is 0 Å². The maximum atomic E-state index is 4.37. The van der Waals surface area contributed by atoms with Crippen molar-refractivity contribution in [1.82, 2.24) is 19.9 Å². The Kier molecular flexibility index (Phi) is 1.54. The lowest BCUT2D eigenvalue weighted by Crippen LogP contribution is -1.91. The highest BCUT2D eigenvalue weighted by atomic mass is 14.9. The molecule has 2 aromatic heterocycles. The first-order valence-electron chi connectivity index (χ1n) is 4.82. The van der Waals surface area contributed by atoms with Crippen LogP contribution in [0.2, 0.25) is 0 Å². The fraction of sp³-hybridized carbons (Fsp3) is 0.182. The minimum atomic E-state index is 0.951. The molecule has 0 aliphatic heterocycles. The average molecular weight is 198 g/mol. The number of fused-ring (bicyclic) bond motifs is 2. The highest BCUT2D eigenvalue weighted by Gasteiger charge is 2.11. The molecular formula is C11H10N4. The monoisotopic (exact) mass is 198 g/mol. The van der Waals surface area contributed by atoms with E-state index in [9.17, 15) is 0 Å². The van der Waals surface area contributed by atoms with E-state index in [1.54, 1.807) is 12.5 Å². The van der Waals surface area contributed by atoms with Gasteiger partial charge in [-0.25, -0.2) is 9.97 Å². The molecule has 0 atom stereocenters. The Morgan fingerprint density at radius 2 is 1.67 bits per heavy atom. The molecule has 0 radical (unpaired) electrons. The molecule has 15 heavy (non-hydrogen) atoms. The zero-order valence-electron chi connectivity index (χ0n) is 8.57. The summed E-state index contributed by atoms with van der Waals surface area (Å²) < 4.78 is 0. The molecule has 3 rings (SSSR count). The first-order chi connectivity index (χ1) is 7.29. The highest BCUT2D eigenvalue weighted by molar-refractivity contribution is 5.98. The average Bonchev–Trinajstić information content (AvgIpc) is 2.75. The summed E-state index contributed by atoms with van der Waals surface area (Å²) in [5, 5.41) is 0. The second kappa shape index (κ2) is 2.76. The Bertz CT molecular complexity index is 599. The van der Waals surface area contributed by atoms with Gasteiger partial charge in [0, 0.05) is 23.5 Å². The number of aryl methyl sites for hydroxylation is 2. The number of hydrogen-bond donors (Lipinski definition) is 1. The lowest BCUT2D eigenvalue weighted by Gasteiger charge is -2.05. The third-order valence-electron chi connectivity index (χ3n) is 2.78. The first-order valence-corrected chi connectivity index (χ1v) is 4.82. The van der Waals surface area contributed by atoms with Crippen molar-refractivity contribution >= 4 is 22.1 Å². The van der Waals surface area contributed by atoms with E-state index in [0.717, 1.165) is 33.2 Å². The van der Waals surface area contributed by atoms with Crippen LogP contribution in [-0.2, 0) is 0 Å². The summed E-state index contributed by atoms with van der Waals surface area (Å²) in [6.07, 6.45) is 5.19. The molecule has 4 nitrogen and oxygen atoms in total. The van der Waals surface area contributed by atoms with E-state index in [2.05, 4.69) is 19.9 Å². The summed E-state index contributed by atoms with van der Waals surface area (Å²) in [6.45, 7) is 4.07. The maximum absolute atomic E-state index is 4.37. The van der Waals surface area contributed by atoms with Gasteiger partial charge in [-0.15, -0.1) is 0 Å². The van der Waals surface area contributed by atoms with Crippen molar-refractivity contribution in [2.45, 2.75) is 13.8 Å². The summed E-state index contributed by atoms with van der Waals surface area (Å²) in [7, 11) is 0. The zero-order valence-corrected chi connectivity index (χ0v) is 8.57. The Labute approximate surface area is 86.4 Å². The van der Waals surface area contributed by atoms with Crippen molar-refractivity contribution in [3.05, 3.63) is 29.8 Å². The van der Waals surface area contributed by atoms with Gasteiger partial charge in [0.25, 0.3) is 0 Å². The molecule has 4 heteroatoms. The van der Waals surface area contributed by atoms with Crippen LogP contribution in [0.3, 0.4) is 0 Å². The summed E-state index contributed by atoms with van der Waals surface area (Å²) in [4.78, 5) is 16.1. The topological polar surface area (TPSA) is 54.5 Å². The van der Waals surface area contributed by atoms with Crippen molar-refractivity contribution < 1.29 is 0 Å². The van der Waals surface area contributed by atoms with Crippen LogP contribution in [0.5, 0.6) is 0 Å². The van der Waals surface area contributed by atoms with Crippen LogP contribution >= 0.6 is 0 Å². The minimum Gasteiger partial charge on any atom is -0.358 e. The van der Waals surface area contributed by atoms with Gasteiger partial charge >= 0.3 is 0 Å². The molecule has 0 bridgehead atoms. The van der Waals surface area contributed by atoms with E-state index in [4.69, 9.17) is 0 Å². The Hall–Kier alpha value is -1.97.